The van der Waals surface area contributed by atoms with Crippen LogP contribution in [0.1, 0.15) is 24.8 Å². The average Bonchev–Trinajstić information content (AvgIpc) is 3.56. The Morgan fingerprint density at radius 1 is 1.39 bits per heavy atom. The number of thiazole rings is 1. The molecule has 0 saturated carbocycles. The Kier molecular flexibility index (Phi) is 7.44. The number of nitriles is 1. The normalized spacial score (nSPS) is 18.3. The van der Waals surface area contributed by atoms with Crippen LogP contribution in [0.25, 0.3) is 11.6 Å². The molecule has 2 aromatic rings. The number of ether oxygens (including phenoxy) is 4. The molecule has 1 saturated heterocycles. The van der Waals surface area contributed by atoms with Crippen molar-refractivity contribution in [1.29, 1.82) is 5.26 Å². The molecule has 1 fully saturated rings. The molecule has 1 atom stereocenters. The first-order valence-electron chi connectivity index (χ1n) is 10.7. The van der Waals surface area contributed by atoms with E-state index in [2.05, 4.69) is 5.32 Å². The SMILES string of the molecule is COCCCn1c(=C(C#N)C(=O)NCC2CCCO2)sc(=Cc2ccc3c(c2)OCO3)c1=O. The van der Waals surface area contributed by atoms with Gasteiger partial charge >= 0.3 is 0 Å². The number of methoxy groups -OCH3 is 1. The topological polar surface area (TPSA) is 112 Å². The molecule has 2 aliphatic rings. The van der Waals surface area contributed by atoms with Gasteiger partial charge in [-0.25, -0.2) is 0 Å². The lowest BCUT2D eigenvalue weighted by Crippen LogP contribution is -2.37. The molecule has 1 unspecified atom stereocenters. The van der Waals surface area contributed by atoms with Crippen molar-refractivity contribution >= 4 is 28.9 Å². The highest BCUT2D eigenvalue weighted by atomic mass is 32.1. The molecule has 33 heavy (non-hydrogen) atoms. The molecular formula is C23H25N3O6S. The number of amides is 1. The van der Waals surface area contributed by atoms with E-state index in [-0.39, 0.29) is 24.0 Å². The van der Waals surface area contributed by atoms with Crippen LogP contribution in [-0.2, 0) is 20.8 Å². The number of hydrogen-bond donors (Lipinski definition) is 1. The van der Waals surface area contributed by atoms with Gasteiger partial charge in [-0.05, 0) is 43.0 Å². The van der Waals surface area contributed by atoms with Crippen LogP contribution in [0.4, 0.5) is 0 Å². The van der Waals surface area contributed by atoms with Crippen molar-refractivity contribution in [2.45, 2.75) is 31.9 Å². The maximum absolute atomic E-state index is 13.2. The summed E-state index contributed by atoms with van der Waals surface area (Å²) in [7, 11) is 1.58. The molecule has 9 nitrogen and oxygen atoms in total. The Labute approximate surface area is 194 Å². The van der Waals surface area contributed by atoms with Gasteiger partial charge in [-0.3, -0.25) is 14.2 Å². The Balaban J connectivity index is 1.72. The zero-order valence-electron chi connectivity index (χ0n) is 18.3. The number of carbonyl (C=O) groups is 1. The summed E-state index contributed by atoms with van der Waals surface area (Å²) in [4.78, 5) is 26.0. The van der Waals surface area contributed by atoms with Gasteiger partial charge in [0.2, 0.25) is 6.79 Å². The first-order chi connectivity index (χ1) is 16.1. The van der Waals surface area contributed by atoms with Crippen molar-refractivity contribution in [3.05, 3.63) is 43.3 Å². The number of benzene rings is 1. The van der Waals surface area contributed by atoms with Crippen LogP contribution in [0.5, 0.6) is 11.5 Å². The molecule has 0 spiro atoms. The first kappa shape index (κ1) is 23.0. The molecular weight excluding hydrogens is 446 g/mol. The van der Waals surface area contributed by atoms with Gasteiger partial charge in [0.05, 0.1) is 10.6 Å². The van der Waals surface area contributed by atoms with Crippen LogP contribution in [0.15, 0.2) is 23.0 Å². The zero-order chi connectivity index (χ0) is 23.2. The third-order valence-corrected chi connectivity index (χ3v) is 6.53. The predicted molar refractivity (Wildman–Crippen MR) is 121 cm³/mol. The Bertz CT molecular complexity index is 1240. The molecule has 174 valence electrons. The van der Waals surface area contributed by atoms with E-state index in [1.54, 1.807) is 25.3 Å². The number of nitrogens with zero attached hydrogens (tertiary/aromatic N) is 2. The molecule has 0 radical (unpaired) electrons. The van der Waals surface area contributed by atoms with Crippen molar-refractivity contribution in [1.82, 2.24) is 9.88 Å². The number of rotatable bonds is 8. The van der Waals surface area contributed by atoms with Crippen molar-refractivity contribution in [3.8, 4) is 17.6 Å². The minimum Gasteiger partial charge on any atom is -0.454 e. The summed E-state index contributed by atoms with van der Waals surface area (Å²) in [5, 5.41) is 12.6. The van der Waals surface area contributed by atoms with E-state index in [1.165, 1.54) is 4.57 Å². The Morgan fingerprint density at radius 3 is 3.00 bits per heavy atom. The molecule has 2 aliphatic heterocycles. The molecule has 1 amide bonds. The number of aromatic nitrogens is 1. The number of nitrogens with one attached hydrogen (secondary N) is 1. The van der Waals surface area contributed by atoms with Crippen molar-refractivity contribution in [3.63, 3.8) is 0 Å². The van der Waals surface area contributed by atoms with Crippen LogP contribution in [0, 0.1) is 11.3 Å². The molecule has 1 aromatic heterocycles. The van der Waals surface area contributed by atoms with E-state index in [9.17, 15) is 14.9 Å². The quantitative estimate of drug-likeness (QED) is 0.557. The van der Waals surface area contributed by atoms with Gasteiger partial charge in [0.1, 0.15) is 10.7 Å². The smallest absolute Gasteiger partial charge is 0.269 e. The average molecular weight is 472 g/mol. The summed E-state index contributed by atoms with van der Waals surface area (Å²) in [6.45, 7) is 1.96. The molecule has 1 N–H and O–H groups in total. The predicted octanol–water partition coefficient (Wildman–Crippen LogP) is 0.473. The standard InChI is InChI=1S/C23H25N3O6S/c1-29-8-3-7-26-22(28)20(11-15-5-6-18-19(10-15)32-14-31-18)33-23(26)17(12-24)21(27)25-13-16-4-2-9-30-16/h5-6,10-11,16H,2-4,7-9,13-14H2,1H3,(H,25,27). The van der Waals surface area contributed by atoms with Crippen LogP contribution in [0.3, 0.4) is 0 Å². The summed E-state index contributed by atoms with van der Waals surface area (Å²) >= 11 is 1.12. The molecule has 0 aliphatic carbocycles. The Hall–Kier alpha value is -3.13. The lowest BCUT2D eigenvalue weighted by atomic mass is 10.2. The van der Waals surface area contributed by atoms with Crippen molar-refractivity contribution < 1.29 is 23.7 Å². The molecule has 4 rings (SSSR count). The number of carbonyl (C=O) groups excluding carboxylic acids is 1. The molecule has 10 heteroatoms. The summed E-state index contributed by atoms with van der Waals surface area (Å²) in [6.07, 6.45) is 4.08. The lowest BCUT2D eigenvalue weighted by Gasteiger charge is -2.10. The summed E-state index contributed by atoms with van der Waals surface area (Å²) < 4.78 is 23.6. The van der Waals surface area contributed by atoms with Gasteiger partial charge < -0.3 is 24.3 Å². The lowest BCUT2D eigenvalue weighted by molar-refractivity contribution is -0.116. The van der Waals surface area contributed by atoms with Crippen LogP contribution < -0.4 is 29.5 Å². The van der Waals surface area contributed by atoms with Gasteiger partial charge in [0.25, 0.3) is 11.5 Å². The molecule has 0 bridgehead atoms. The largest absolute Gasteiger partial charge is 0.454 e. The van der Waals surface area contributed by atoms with E-state index in [0.29, 0.717) is 53.4 Å². The maximum atomic E-state index is 13.2. The highest BCUT2D eigenvalue weighted by Gasteiger charge is 2.20. The minimum absolute atomic E-state index is 0.0453. The second-order valence-electron chi connectivity index (χ2n) is 7.66. The van der Waals surface area contributed by atoms with Gasteiger partial charge in [0, 0.05) is 33.4 Å². The summed E-state index contributed by atoms with van der Waals surface area (Å²) in [6, 6.07) is 7.39. The van der Waals surface area contributed by atoms with Crippen LogP contribution in [-0.4, -0.2) is 50.2 Å². The van der Waals surface area contributed by atoms with Gasteiger partial charge in [-0.1, -0.05) is 6.07 Å². The van der Waals surface area contributed by atoms with Crippen LogP contribution >= 0.6 is 11.3 Å². The maximum Gasteiger partial charge on any atom is 0.269 e. The first-order valence-corrected chi connectivity index (χ1v) is 11.6. The van der Waals surface area contributed by atoms with Crippen LogP contribution in [0.2, 0.25) is 0 Å². The highest BCUT2D eigenvalue weighted by Crippen LogP contribution is 2.32. The monoisotopic (exact) mass is 471 g/mol. The fourth-order valence-corrected chi connectivity index (χ4v) is 4.85. The summed E-state index contributed by atoms with van der Waals surface area (Å²) in [5.41, 5.74) is 0.413. The Morgan fingerprint density at radius 2 is 2.24 bits per heavy atom. The molecule has 3 heterocycles. The number of fused-ring (bicyclic) bond motifs is 1. The van der Waals surface area contributed by atoms with E-state index >= 15 is 0 Å². The summed E-state index contributed by atoms with van der Waals surface area (Å²) in [5.74, 6) is 0.752. The third kappa shape index (κ3) is 5.27. The van der Waals surface area contributed by atoms with Crippen molar-refractivity contribution in [2.24, 2.45) is 0 Å². The van der Waals surface area contributed by atoms with E-state index < -0.39 is 5.91 Å². The highest BCUT2D eigenvalue weighted by molar-refractivity contribution is 7.07. The van der Waals surface area contributed by atoms with E-state index in [4.69, 9.17) is 18.9 Å². The van der Waals surface area contributed by atoms with E-state index in [0.717, 1.165) is 29.7 Å². The van der Waals surface area contributed by atoms with Gasteiger partial charge in [-0.2, -0.15) is 5.26 Å². The second-order valence-corrected chi connectivity index (χ2v) is 8.69. The fourth-order valence-electron chi connectivity index (χ4n) is 3.73. The van der Waals surface area contributed by atoms with Crippen molar-refractivity contribution in [2.75, 3.05) is 33.7 Å². The number of hydrogen-bond acceptors (Lipinski definition) is 8. The zero-order valence-corrected chi connectivity index (χ0v) is 19.1. The third-order valence-electron chi connectivity index (χ3n) is 5.40. The van der Waals surface area contributed by atoms with Gasteiger partial charge in [0.15, 0.2) is 17.1 Å². The van der Waals surface area contributed by atoms with Gasteiger partial charge in [-0.15, -0.1) is 11.3 Å². The van der Waals surface area contributed by atoms with E-state index in [1.807, 2.05) is 12.1 Å². The minimum atomic E-state index is -0.510. The second kappa shape index (κ2) is 10.7. The fraction of sp³-hybridized carbons (Fsp3) is 0.435. The molecule has 1 aromatic carbocycles.